The van der Waals surface area contributed by atoms with Crippen LogP contribution >= 0.6 is 0 Å². The Morgan fingerprint density at radius 3 is 2.81 bits per heavy atom. The van der Waals surface area contributed by atoms with Gasteiger partial charge in [0.2, 0.25) is 5.88 Å². The van der Waals surface area contributed by atoms with E-state index in [2.05, 4.69) is 15.0 Å². The summed E-state index contributed by atoms with van der Waals surface area (Å²) < 4.78 is 41.1. The summed E-state index contributed by atoms with van der Waals surface area (Å²) >= 11 is 0. The molecule has 0 aromatic carbocycles. The van der Waals surface area contributed by atoms with Gasteiger partial charge in [-0.05, 0) is 30.9 Å². The number of carbonyl (C=O) groups excluding carboxylic acids is 1. The standard InChI is InChI=1S/C13H16F3N3O2/c14-13(15,16)7-21-12-9(2-1-5-18-12)11(20)19-10(6-17)8-3-4-8/h1-2,5,8,10H,3-4,6-7,17H2,(H,19,20). The molecular weight excluding hydrogens is 287 g/mol. The second-order valence-corrected chi connectivity index (χ2v) is 4.91. The molecule has 1 fully saturated rings. The van der Waals surface area contributed by atoms with Gasteiger partial charge in [-0.15, -0.1) is 0 Å². The lowest BCUT2D eigenvalue weighted by atomic mass is 10.1. The zero-order valence-electron chi connectivity index (χ0n) is 11.2. The van der Waals surface area contributed by atoms with Crippen LogP contribution in [0.1, 0.15) is 23.2 Å². The first kappa shape index (κ1) is 15.6. The molecular formula is C13H16F3N3O2. The molecule has 1 atom stereocenters. The monoisotopic (exact) mass is 303 g/mol. The van der Waals surface area contributed by atoms with Crippen LogP contribution in [0.5, 0.6) is 5.88 Å². The molecule has 2 rings (SSSR count). The fourth-order valence-electron chi connectivity index (χ4n) is 1.94. The van der Waals surface area contributed by atoms with E-state index in [0.29, 0.717) is 5.92 Å². The Bertz CT molecular complexity index is 504. The summed E-state index contributed by atoms with van der Waals surface area (Å²) in [6.07, 6.45) is -1.23. The van der Waals surface area contributed by atoms with Crippen molar-refractivity contribution in [2.75, 3.05) is 13.2 Å². The average molecular weight is 303 g/mol. The number of alkyl halides is 3. The van der Waals surface area contributed by atoms with Crippen LogP contribution in [-0.4, -0.2) is 36.3 Å². The van der Waals surface area contributed by atoms with Crippen LogP contribution in [0, 0.1) is 5.92 Å². The van der Waals surface area contributed by atoms with Gasteiger partial charge in [-0.25, -0.2) is 4.98 Å². The predicted octanol–water partition coefficient (Wildman–Crippen LogP) is 1.49. The third kappa shape index (κ3) is 4.59. The van der Waals surface area contributed by atoms with Crippen molar-refractivity contribution in [1.82, 2.24) is 10.3 Å². The number of amides is 1. The molecule has 0 bridgehead atoms. The fraction of sp³-hybridized carbons (Fsp3) is 0.538. The summed E-state index contributed by atoms with van der Waals surface area (Å²) in [5, 5.41) is 2.72. The minimum atomic E-state index is -4.49. The normalized spacial score (nSPS) is 16.4. The first-order chi connectivity index (χ1) is 9.90. The van der Waals surface area contributed by atoms with Crippen molar-refractivity contribution in [3.63, 3.8) is 0 Å². The fourth-order valence-corrected chi connectivity index (χ4v) is 1.94. The SMILES string of the molecule is NCC(NC(=O)c1cccnc1OCC(F)(F)F)C1CC1. The number of nitrogens with two attached hydrogens (primary N) is 1. The molecule has 3 N–H and O–H groups in total. The first-order valence-electron chi connectivity index (χ1n) is 6.56. The zero-order valence-corrected chi connectivity index (χ0v) is 11.2. The van der Waals surface area contributed by atoms with Crippen molar-refractivity contribution in [2.24, 2.45) is 11.7 Å². The van der Waals surface area contributed by atoms with Crippen molar-refractivity contribution in [3.8, 4) is 5.88 Å². The zero-order chi connectivity index (χ0) is 15.5. The van der Waals surface area contributed by atoms with Crippen molar-refractivity contribution >= 4 is 5.91 Å². The van der Waals surface area contributed by atoms with Crippen molar-refractivity contribution in [1.29, 1.82) is 0 Å². The van der Waals surface area contributed by atoms with E-state index in [1.165, 1.54) is 18.3 Å². The van der Waals surface area contributed by atoms with E-state index in [4.69, 9.17) is 5.73 Å². The van der Waals surface area contributed by atoms with Gasteiger partial charge in [0.1, 0.15) is 5.56 Å². The molecule has 1 aromatic rings. The van der Waals surface area contributed by atoms with Crippen molar-refractivity contribution in [3.05, 3.63) is 23.9 Å². The summed E-state index contributed by atoms with van der Waals surface area (Å²) in [5.74, 6) is -0.517. The molecule has 0 saturated heterocycles. The lowest BCUT2D eigenvalue weighted by Crippen LogP contribution is -2.42. The Morgan fingerprint density at radius 1 is 1.52 bits per heavy atom. The Hall–Kier alpha value is -1.83. The van der Waals surface area contributed by atoms with Crippen LogP contribution in [-0.2, 0) is 0 Å². The van der Waals surface area contributed by atoms with Gasteiger partial charge in [-0.3, -0.25) is 4.79 Å². The lowest BCUT2D eigenvalue weighted by molar-refractivity contribution is -0.154. The highest BCUT2D eigenvalue weighted by Gasteiger charge is 2.33. The van der Waals surface area contributed by atoms with Gasteiger partial charge in [-0.1, -0.05) is 0 Å². The number of hydrogen-bond donors (Lipinski definition) is 2. The Morgan fingerprint density at radius 2 is 2.24 bits per heavy atom. The summed E-state index contributed by atoms with van der Waals surface area (Å²) in [5.41, 5.74) is 5.56. The van der Waals surface area contributed by atoms with E-state index in [9.17, 15) is 18.0 Å². The van der Waals surface area contributed by atoms with Crippen LogP contribution in [0.4, 0.5) is 13.2 Å². The first-order valence-corrected chi connectivity index (χ1v) is 6.56. The largest absolute Gasteiger partial charge is 0.467 e. The summed E-state index contributed by atoms with van der Waals surface area (Å²) in [4.78, 5) is 15.8. The minimum Gasteiger partial charge on any atom is -0.467 e. The molecule has 1 aliphatic carbocycles. The quantitative estimate of drug-likeness (QED) is 0.834. The predicted molar refractivity (Wildman–Crippen MR) is 68.8 cm³/mol. The van der Waals surface area contributed by atoms with Crippen molar-refractivity contribution in [2.45, 2.75) is 25.1 Å². The maximum absolute atomic E-state index is 12.2. The lowest BCUT2D eigenvalue weighted by Gasteiger charge is -2.17. The second-order valence-electron chi connectivity index (χ2n) is 4.91. The van der Waals surface area contributed by atoms with Gasteiger partial charge >= 0.3 is 6.18 Å². The Kier molecular flexibility index (Phi) is 4.66. The Balaban J connectivity index is 2.05. The number of halogens is 3. The molecule has 1 heterocycles. The molecule has 1 amide bonds. The van der Waals surface area contributed by atoms with Gasteiger partial charge in [0.15, 0.2) is 6.61 Å². The number of hydrogen-bond acceptors (Lipinski definition) is 4. The highest BCUT2D eigenvalue weighted by Crippen LogP contribution is 2.32. The summed E-state index contributed by atoms with van der Waals surface area (Å²) in [6, 6.07) is 2.66. The Labute approximate surface area is 119 Å². The van der Waals surface area contributed by atoms with E-state index < -0.39 is 18.7 Å². The van der Waals surface area contributed by atoms with E-state index >= 15 is 0 Å². The molecule has 1 saturated carbocycles. The molecule has 1 unspecified atom stereocenters. The third-order valence-corrected chi connectivity index (χ3v) is 3.15. The molecule has 1 aromatic heterocycles. The van der Waals surface area contributed by atoms with Crippen LogP contribution in [0.3, 0.4) is 0 Å². The number of carbonyl (C=O) groups is 1. The smallest absolute Gasteiger partial charge is 0.422 e. The second kappa shape index (κ2) is 6.30. The highest BCUT2D eigenvalue weighted by atomic mass is 19.4. The number of nitrogens with one attached hydrogen (secondary N) is 1. The molecule has 1 aliphatic rings. The molecule has 5 nitrogen and oxygen atoms in total. The van der Waals surface area contributed by atoms with Gasteiger partial charge in [0.05, 0.1) is 0 Å². The molecule has 116 valence electrons. The average Bonchev–Trinajstić information content (AvgIpc) is 3.26. The molecule has 0 spiro atoms. The maximum atomic E-state index is 12.2. The summed E-state index contributed by atoms with van der Waals surface area (Å²) in [7, 11) is 0. The number of aromatic nitrogens is 1. The third-order valence-electron chi connectivity index (χ3n) is 3.15. The van der Waals surface area contributed by atoms with E-state index in [1.54, 1.807) is 0 Å². The number of pyridine rings is 1. The number of ether oxygens (including phenoxy) is 1. The topological polar surface area (TPSA) is 77.2 Å². The minimum absolute atomic E-state index is 0.0270. The van der Waals surface area contributed by atoms with Crippen molar-refractivity contribution < 1.29 is 22.7 Å². The molecule has 8 heteroatoms. The number of rotatable bonds is 6. The van der Waals surface area contributed by atoms with Gasteiger partial charge in [-0.2, -0.15) is 13.2 Å². The molecule has 0 radical (unpaired) electrons. The molecule has 0 aliphatic heterocycles. The molecule has 21 heavy (non-hydrogen) atoms. The van der Waals surface area contributed by atoms with E-state index in [-0.39, 0.29) is 24.0 Å². The van der Waals surface area contributed by atoms with Crippen LogP contribution in [0.15, 0.2) is 18.3 Å². The maximum Gasteiger partial charge on any atom is 0.422 e. The van der Waals surface area contributed by atoms with Gasteiger partial charge < -0.3 is 15.8 Å². The van der Waals surface area contributed by atoms with Crippen LogP contribution in [0.25, 0.3) is 0 Å². The van der Waals surface area contributed by atoms with E-state index in [1.807, 2.05) is 0 Å². The number of nitrogens with zero attached hydrogens (tertiary/aromatic N) is 1. The van der Waals surface area contributed by atoms with Crippen LogP contribution in [0.2, 0.25) is 0 Å². The summed E-state index contributed by atoms with van der Waals surface area (Å²) in [6.45, 7) is -1.21. The van der Waals surface area contributed by atoms with Gasteiger partial charge in [0, 0.05) is 18.8 Å². The van der Waals surface area contributed by atoms with E-state index in [0.717, 1.165) is 12.8 Å². The highest BCUT2D eigenvalue weighted by molar-refractivity contribution is 5.96. The van der Waals surface area contributed by atoms with Crippen LogP contribution < -0.4 is 15.8 Å². The van der Waals surface area contributed by atoms with Gasteiger partial charge in [0.25, 0.3) is 5.91 Å².